The molecule has 3 amide bonds. The number of alkyl carbamates (subject to hydrolysis) is 1. The van der Waals surface area contributed by atoms with Gasteiger partial charge in [0.15, 0.2) is 0 Å². The Morgan fingerprint density at radius 3 is 2.28 bits per heavy atom. The van der Waals surface area contributed by atoms with Crippen molar-refractivity contribution in [1.82, 2.24) is 10.2 Å². The first kappa shape index (κ1) is 31.9. The highest BCUT2D eigenvalue weighted by atomic mass is 35.5. The molecule has 0 spiro atoms. The zero-order valence-electron chi connectivity index (χ0n) is 23.7. The third-order valence-electron chi connectivity index (χ3n) is 5.89. The highest BCUT2D eigenvalue weighted by Crippen LogP contribution is 2.31. The molecule has 0 heterocycles. The summed E-state index contributed by atoms with van der Waals surface area (Å²) in [5, 5.41) is 25.9. The number of carbonyl (C=O) groups excluding carboxylic acids is 3. The van der Waals surface area contributed by atoms with Gasteiger partial charge in [0.25, 0.3) is 5.91 Å². The van der Waals surface area contributed by atoms with Crippen LogP contribution in [-0.2, 0) is 14.3 Å². The van der Waals surface area contributed by atoms with Crippen LogP contribution in [-0.4, -0.2) is 57.8 Å². The predicted octanol–water partition coefficient (Wildman–Crippen LogP) is 5.10. The van der Waals surface area contributed by atoms with E-state index in [2.05, 4.69) is 10.6 Å². The Bertz CT molecular complexity index is 1160. The topological polar surface area (TPSA) is 128 Å². The molecular formula is C29H40ClN3O6. The number of rotatable bonds is 10. The van der Waals surface area contributed by atoms with E-state index in [0.717, 1.165) is 5.56 Å². The Labute approximate surface area is 235 Å². The number of para-hydroxylation sites is 1. The first-order valence-electron chi connectivity index (χ1n) is 12.9. The molecule has 39 heavy (non-hydrogen) atoms. The van der Waals surface area contributed by atoms with E-state index < -0.39 is 42.2 Å². The first-order chi connectivity index (χ1) is 18.1. The lowest BCUT2D eigenvalue weighted by atomic mass is 9.98. The van der Waals surface area contributed by atoms with Crippen molar-refractivity contribution in [2.45, 2.75) is 72.6 Å². The van der Waals surface area contributed by atoms with Crippen molar-refractivity contribution >= 4 is 35.2 Å². The van der Waals surface area contributed by atoms with Crippen LogP contribution in [0, 0.1) is 19.8 Å². The van der Waals surface area contributed by atoms with Crippen LogP contribution < -0.4 is 10.6 Å². The second-order valence-corrected chi connectivity index (χ2v) is 11.4. The molecule has 9 nitrogen and oxygen atoms in total. The molecule has 4 N–H and O–H groups in total. The molecule has 2 aromatic carbocycles. The number of hydrogen-bond acceptors (Lipinski definition) is 6. The van der Waals surface area contributed by atoms with Crippen LogP contribution in [0.25, 0.3) is 0 Å². The van der Waals surface area contributed by atoms with E-state index in [1.165, 1.54) is 11.0 Å². The number of aliphatic hydroxyl groups excluding tert-OH is 1. The minimum atomic E-state index is -1.21. The number of amides is 3. The lowest BCUT2D eigenvalue weighted by Crippen LogP contribution is -2.53. The van der Waals surface area contributed by atoms with Crippen LogP contribution in [0.3, 0.4) is 0 Å². The van der Waals surface area contributed by atoms with Gasteiger partial charge in [-0.05, 0) is 81.8 Å². The molecule has 2 atom stereocenters. The van der Waals surface area contributed by atoms with Crippen molar-refractivity contribution in [2.24, 2.45) is 5.92 Å². The summed E-state index contributed by atoms with van der Waals surface area (Å²) in [6, 6.07) is 7.55. The number of carbonyl (C=O) groups is 3. The van der Waals surface area contributed by atoms with E-state index in [0.29, 0.717) is 21.8 Å². The molecule has 2 unspecified atom stereocenters. The fraction of sp³-hybridized carbons (Fsp3) is 0.483. The number of ether oxygens (including phenoxy) is 1. The summed E-state index contributed by atoms with van der Waals surface area (Å²) in [6.07, 6.45) is -0.495. The summed E-state index contributed by atoms with van der Waals surface area (Å²) in [4.78, 5) is 41.8. The monoisotopic (exact) mass is 561 g/mol. The van der Waals surface area contributed by atoms with Crippen LogP contribution in [0.2, 0.25) is 5.02 Å². The Morgan fingerprint density at radius 1 is 1.08 bits per heavy atom. The minimum Gasteiger partial charge on any atom is -0.508 e. The number of aliphatic hydroxyl groups is 1. The van der Waals surface area contributed by atoms with E-state index in [-0.39, 0.29) is 24.6 Å². The van der Waals surface area contributed by atoms with E-state index >= 15 is 0 Å². The average molecular weight is 562 g/mol. The Balaban J connectivity index is 2.58. The third-order valence-corrected chi connectivity index (χ3v) is 6.20. The molecule has 0 aromatic heterocycles. The molecule has 0 saturated carbocycles. The van der Waals surface area contributed by atoms with Gasteiger partial charge in [-0.15, -0.1) is 0 Å². The van der Waals surface area contributed by atoms with E-state index in [1.807, 2.05) is 13.8 Å². The quantitative estimate of drug-likeness (QED) is 0.319. The van der Waals surface area contributed by atoms with E-state index in [9.17, 15) is 24.6 Å². The molecule has 0 aliphatic heterocycles. The Hall–Kier alpha value is -3.30. The van der Waals surface area contributed by atoms with Gasteiger partial charge < -0.3 is 30.5 Å². The number of hydrogen-bond donors (Lipinski definition) is 4. The summed E-state index contributed by atoms with van der Waals surface area (Å²) in [5.74, 6) is -1.09. The van der Waals surface area contributed by atoms with Crippen molar-refractivity contribution in [2.75, 3.05) is 18.5 Å². The molecule has 214 valence electrons. The van der Waals surface area contributed by atoms with E-state index in [1.54, 1.807) is 65.0 Å². The highest BCUT2D eigenvalue weighted by Gasteiger charge is 2.37. The van der Waals surface area contributed by atoms with Gasteiger partial charge in [0.05, 0.1) is 17.3 Å². The maximum Gasteiger partial charge on any atom is 0.408 e. The number of aromatic hydroxyl groups is 1. The van der Waals surface area contributed by atoms with Crippen molar-refractivity contribution in [3.63, 3.8) is 0 Å². The highest BCUT2D eigenvalue weighted by molar-refractivity contribution is 6.34. The van der Waals surface area contributed by atoms with Gasteiger partial charge in [0, 0.05) is 6.54 Å². The van der Waals surface area contributed by atoms with Gasteiger partial charge in [-0.3, -0.25) is 9.59 Å². The molecule has 0 saturated heterocycles. The average Bonchev–Trinajstić information content (AvgIpc) is 2.81. The van der Waals surface area contributed by atoms with E-state index in [4.69, 9.17) is 16.3 Å². The predicted molar refractivity (Wildman–Crippen MR) is 152 cm³/mol. The standard InChI is InChI=1S/C29H40ClN3O6/c1-17(2)15-22(31-28(38)39-29(5,6)7)27(37)33(13-14-34)25(20-11-12-23(35)19(4)16-20)26(36)32-24-18(3)9-8-10-21(24)30/h8-12,16-17,22,25,34-35H,13-15H2,1-7H3,(H,31,38)(H,32,36). The minimum absolute atomic E-state index is 0.0128. The Kier molecular flexibility index (Phi) is 11.2. The fourth-order valence-electron chi connectivity index (χ4n) is 4.12. The molecular weight excluding hydrogens is 522 g/mol. The number of anilines is 1. The molecule has 0 aliphatic carbocycles. The molecule has 0 aliphatic rings. The zero-order chi connectivity index (χ0) is 29.5. The fourth-order valence-corrected chi connectivity index (χ4v) is 4.39. The maximum absolute atomic E-state index is 14.0. The number of nitrogens with zero attached hydrogens (tertiary/aromatic N) is 1. The Morgan fingerprint density at radius 2 is 1.74 bits per heavy atom. The molecule has 10 heteroatoms. The summed E-state index contributed by atoms with van der Waals surface area (Å²) < 4.78 is 5.37. The number of phenols is 1. The molecule has 0 fully saturated rings. The SMILES string of the molecule is Cc1cc(C(C(=O)Nc2c(C)cccc2Cl)N(CCO)C(=O)C(CC(C)C)NC(=O)OC(C)(C)C)ccc1O. The zero-order valence-corrected chi connectivity index (χ0v) is 24.4. The lowest BCUT2D eigenvalue weighted by Gasteiger charge is -2.35. The summed E-state index contributed by atoms with van der Waals surface area (Å²) in [7, 11) is 0. The number of benzene rings is 2. The van der Waals surface area contributed by atoms with Gasteiger partial charge in [0.2, 0.25) is 5.91 Å². The number of nitrogens with one attached hydrogen (secondary N) is 2. The second kappa shape index (κ2) is 13.7. The maximum atomic E-state index is 14.0. The van der Waals surface area contributed by atoms with Gasteiger partial charge in [-0.25, -0.2) is 4.79 Å². The molecule has 0 radical (unpaired) electrons. The van der Waals surface area contributed by atoms with Gasteiger partial charge in [-0.2, -0.15) is 0 Å². The van der Waals surface area contributed by atoms with Crippen molar-refractivity contribution in [1.29, 1.82) is 0 Å². The van der Waals surface area contributed by atoms with Crippen molar-refractivity contribution < 1.29 is 29.3 Å². The van der Waals surface area contributed by atoms with Gasteiger partial charge >= 0.3 is 6.09 Å². The molecule has 0 bridgehead atoms. The second-order valence-electron chi connectivity index (χ2n) is 11.0. The number of halogens is 1. The van der Waals surface area contributed by atoms with Crippen LogP contribution in [0.5, 0.6) is 5.75 Å². The van der Waals surface area contributed by atoms with Gasteiger partial charge in [-0.1, -0.05) is 43.6 Å². The van der Waals surface area contributed by atoms with Crippen LogP contribution in [0.15, 0.2) is 36.4 Å². The first-order valence-corrected chi connectivity index (χ1v) is 13.3. The van der Waals surface area contributed by atoms with Gasteiger partial charge in [0.1, 0.15) is 23.4 Å². The van der Waals surface area contributed by atoms with Crippen molar-refractivity contribution in [3.8, 4) is 5.75 Å². The van der Waals surface area contributed by atoms with Crippen LogP contribution >= 0.6 is 11.6 Å². The summed E-state index contributed by atoms with van der Waals surface area (Å²) >= 11 is 6.36. The lowest BCUT2D eigenvalue weighted by molar-refractivity contribution is -0.141. The summed E-state index contributed by atoms with van der Waals surface area (Å²) in [6.45, 7) is 11.8. The van der Waals surface area contributed by atoms with Crippen LogP contribution in [0.1, 0.15) is 63.8 Å². The smallest absolute Gasteiger partial charge is 0.408 e. The third kappa shape index (κ3) is 9.14. The summed E-state index contributed by atoms with van der Waals surface area (Å²) in [5.41, 5.74) is 1.25. The van der Waals surface area contributed by atoms with Crippen molar-refractivity contribution in [3.05, 3.63) is 58.1 Å². The van der Waals surface area contributed by atoms with Crippen LogP contribution in [0.4, 0.5) is 10.5 Å². The number of aryl methyl sites for hydroxylation is 2. The normalized spacial score (nSPS) is 13.0. The molecule has 2 rings (SSSR count). The molecule has 2 aromatic rings. The number of phenolic OH excluding ortho intramolecular Hbond substituents is 1. The largest absolute Gasteiger partial charge is 0.508 e.